The number of nitro groups is 1. The summed E-state index contributed by atoms with van der Waals surface area (Å²) in [4.78, 5) is 25.0. The molecule has 9 heteroatoms. The Balaban J connectivity index is 1.48. The molecule has 0 unspecified atom stereocenters. The van der Waals surface area contributed by atoms with E-state index in [1.54, 1.807) is 0 Å². The largest absolute Gasteiger partial charge is 0.490 e. The van der Waals surface area contributed by atoms with E-state index in [-0.39, 0.29) is 18.6 Å². The SMILES string of the molecule is O=C(Cn1cnc([N+](=O)[O-])n1)NC[C@@H]1Cc2ccccc2O1. The summed E-state index contributed by atoms with van der Waals surface area (Å²) >= 11 is 0. The van der Waals surface area contributed by atoms with Gasteiger partial charge in [-0.15, -0.1) is 0 Å². The molecule has 0 radical (unpaired) electrons. The van der Waals surface area contributed by atoms with Crippen molar-refractivity contribution in [1.82, 2.24) is 20.1 Å². The van der Waals surface area contributed by atoms with Crippen molar-refractivity contribution in [2.45, 2.75) is 19.1 Å². The van der Waals surface area contributed by atoms with Gasteiger partial charge in [0.25, 0.3) is 0 Å². The summed E-state index contributed by atoms with van der Waals surface area (Å²) in [6.07, 6.45) is 1.79. The number of benzene rings is 1. The highest BCUT2D eigenvalue weighted by Gasteiger charge is 2.23. The highest BCUT2D eigenvalue weighted by atomic mass is 16.6. The average Bonchev–Trinajstić information content (AvgIpc) is 3.11. The fourth-order valence-electron chi connectivity index (χ4n) is 2.24. The fraction of sp³-hybridized carbons (Fsp3) is 0.308. The zero-order valence-corrected chi connectivity index (χ0v) is 11.5. The van der Waals surface area contributed by atoms with Crippen LogP contribution in [0.2, 0.25) is 0 Å². The molecule has 1 aliphatic rings. The topological polar surface area (TPSA) is 112 Å². The molecule has 9 nitrogen and oxygen atoms in total. The number of hydrogen-bond acceptors (Lipinski definition) is 6. The second kappa shape index (κ2) is 5.80. The van der Waals surface area contributed by atoms with Crippen molar-refractivity contribution in [1.29, 1.82) is 0 Å². The van der Waals surface area contributed by atoms with Gasteiger partial charge in [-0.05, 0) is 16.6 Å². The lowest BCUT2D eigenvalue weighted by Gasteiger charge is -2.11. The number of para-hydroxylation sites is 1. The minimum Gasteiger partial charge on any atom is -0.488 e. The molecule has 3 rings (SSSR count). The van der Waals surface area contributed by atoms with E-state index in [9.17, 15) is 14.9 Å². The van der Waals surface area contributed by atoms with Gasteiger partial charge >= 0.3 is 5.95 Å². The van der Waals surface area contributed by atoms with Crippen LogP contribution in [-0.4, -0.2) is 38.2 Å². The number of rotatable bonds is 5. The first kappa shape index (κ1) is 14.0. The first-order chi connectivity index (χ1) is 10.6. The molecule has 1 N–H and O–H groups in total. The van der Waals surface area contributed by atoms with Gasteiger partial charge in [0.1, 0.15) is 18.4 Å². The molecule has 1 aromatic heterocycles. The van der Waals surface area contributed by atoms with Crippen LogP contribution >= 0.6 is 0 Å². The van der Waals surface area contributed by atoms with E-state index in [1.165, 1.54) is 0 Å². The minimum absolute atomic E-state index is 0.105. The Morgan fingerprint density at radius 3 is 3.05 bits per heavy atom. The summed E-state index contributed by atoms with van der Waals surface area (Å²) in [5.74, 6) is 0.00961. The van der Waals surface area contributed by atoms with Crippen molar-refractivity contribution in [3.8, 4) is 5.75 Å². The molecular formula is C13H13N5O4. The van der Waals surface area contributed by atoms with Crippen molar-refractivity contribution in [2.75, 3.05) is 6.54 Å². The summed E-state index contributed by atoms with van der Waals surface area (Å²) < 4.78 is 6.83. The van der Waals surface area contributed by atoms with E-state index in [0.717, 1.165) is 28.7 Å². The first-order valence-electron chi connectivity index (χ1n) is 6.67. The lowest BCUT2D eigenvalue weighted by Crippen LogP contribution is -2.36. The maximum Gasteiger partial charge on any atom is 0.490 e. The van der Waals surface area contributed by atoms with E-state index >= 15 is 0 Å². The molecule has 0 fully saturated rings. The Morgan fingerprint density at radius 1 is 1.50 bits per heavy atom. The number of carbonyl (C=O) groups excluding carboxylic acids is 1. The highest BCUT2D eigenvalue weighted by molar-refractivity contribution is 5.75. The molecule has 0 saturated heterocycles. The van der Waals surface area contributed by atoms with E-state index < -0.39 is 10.9 Å². The maximum absolute atomic E-state index is 11.8. The molecule has 22 heavy (non-hydrogen) atoms. The van der Waals surface area contributed by atoms with Crippen LogP contribution < -0.4 is 10.1 Å². The van der Waals surface area contributed by atoms with Gasteiger partial charge in [0.15, 0.2) is 0 Å². The molecule has 1 amide bonds. The van der Waals surface area contributed by atoms with E-state index in [2.05, 4.69) is 15.4 Å². The molecular weight excluding hydrogens is 290 g/mol. The minimum atomic E-state index is -0.710. The summed E-state index contributed by atoms with van der Waals surface area (Å²) in [5.41, 5.74) is 1.12. The van der Waals surface area contributed by atoms with Crippen LogP contribution in [0.1, 0.15) is 5.56 Å². The van der Waals surface area contributed by atoms with Gasteiger partial charge in [-0.2, -0.15) is 4.68 Å². The van der Waals surface area contributed by atoms with Crippen molar-refractivity contribution in [2.24, 2.45) is 0 Å². The first-order valence-corrected chi connectivity index (χ1v) is 6.67. The number of carbonyl (C=O) groups is 1. The molecule has 114 valence electrons. The van der Waals surface area contributed by atoms with E-state index in [4.69, 9.17) is 4.74 Å². The van der Waals surface area contributed by atoms with Crippen LogP contribution in [0.5, 0.6) is 5.75 Å². The predicted molar refractivity (Wildman–Crippen MR) is 74.2 cm³/mol. The van der Waals surface area contributed by atoms with Gasteiger partial charge in [0.05, 0.1) is 6.54 Å². The Hall–Kier alpha value is -2.97. The Morgan fingerprint density at radius 2 is 2.32 bits per heavy atom. The van der Waals surface area contributed by atoms with Crippen LogP contribution in [0.25, 0.3) is 0 Å². The molecule has 1 atom stereocenters. The van der Waals surface area contributed by atoms with Gasteiger partial charge in [-0.25, -0.2) is 0 Å². The molecule has 1 aromatic carbocycles. The van der Waals surface area contributed by atoms with Crippen molar-refractivity contribution < 1.29 is 14.5 Å². The second-order valence-electron chi connectivity index (χ2n) is 4.86. The zero-order valence-electron chi connectivity index (χ0n) is 11.5. The molecule has 0 spiro atoms. The smallest absolute Gasteiger partial charge is 0.488 e. The summed E-state index contributed by atoms with van der Waals surface area (Å²) in [6.45, 7) is 0.241. The van der Waals surface area contributed by atoms with Crippen LogP contribution in [0.3, 0.4) is 0 Å². The third-order valence-corrected chi connectivity index (χ3v) is 3.23. The van der Waals surface area contributed by atoms with Crippen LogP contribution in [0.4, 0.5) is 5.95 Å². The average molecular weight is 303 g/mol. The summed E-state index contributed by atoms with van der Waals surface area (Å²) in [5, 5.41) is 16.8. The lowest BCUT2D eigenvalue weighted by atomic mass is 10.1. The third-order valence-electron chi connectivity index (χ3n) is 3.23. The summed E-state index contributed by atoms with van der Waals surface area (Å²) in [6, 6.07) is 7.73. The number of amides is 1. The van der Waals surface area contributed by atoms with Gasteiger partial charge in [0.2, 0.25) is 12.2 Å². The van der Waals surface area contributed by atoms with Gasteiger partial charge in [-0.3, -0.25) is 4.79 Å². The van der Waals surface area contributed by atoms with Crippen LogP contribution in [0, 0.1) is 10.1 Å². The van der Waals surface area contributed by atoms with Gasteiger partial charge in [-0.1, -0.05) is 23.2 Å². The Kier molecular flexibility index (Phi) is 3.69. The van der Waals surface area contributed by atoms with Crippen molar-refractivity contribution in [3.05, 3.63) is 46.3 Å². The third kappa shape index (κ3) is 3.03. The number of nitrogens with zero attached hydrogens (tertiary/aromatic N) is 4. The van der Waals surface area contributed by atoms with Crippen LogP contribution in [-0.2, 0) is 17.8 Å². The van der Waals surface area contributed by atoms with Crippen LogP contribution in [0.15, 0.2) is 30.6 Å². The number of fused-ring (bicyclic) bond motifs is 1. The van der Waals surface area contributed by atoms with Crippen molar-refractivity contribution >= 4 is 11.9 Å². The summed E-state index contributed by atoms with van der Waals surface area (Å²) in [7, 11) is 0. The number of nitrogens with one attached hydrogen (secondary N) is 1. The number of aromatic nitrogens is 3. The molecule has 0 aliphatic carbocycles. The maximum atomic E-state index is 11.8. The number of hydrogen-bond donors (Lipinski definition) is 1. The van der Waals surface area contributed by atoms with Gasteiger partial charge < -0.3 is 20.2 Å². The molecule has 0 saturated carbocycles. The Labute approximate surface area is 125 Å². The highest BCUT2D eigenvalue weighted by Crippen LogP contribution is 2.27. The predicted octanol–water partition coefficient (Wildman–Crippen LogP) is 0.306. The normalized spacial score (nSPS) is 15.9. The van der Waals surface area contributed by atoms with Gasteiger partial charge in [0, 0.05) is 11.5 Å². The second-order valence-corrected chi connectivity index (χ2v) is 4.86. The standard InChI is InChI=1S/C13H13N5O4/c19-12(7-17-8-15-13(16-17)18(20)21)14-6-10-5-9-3-1-2-4-11(9)22-10/h1-4,8,10H,5-7H2,(H,14,19)/t10-/m0/s1. The molecule has 2 heterocycles. The molecule has 2 aromatic rings. The molecule has 1 aliphatic heterocycles. The van der Waals surface area contributed by atoms with E-state index in [1.807, 2.05) is 24.3 Å². The van der Waals surface area contributed by atoms with E-state index in [0.29, 0.717) is 6.54 Å². The number of ether oxygens (including phenoxy) is 1. The lowest BCUT2D eigenvalue weighted by molar-refractivity contribution is -0.394. The quantitative estimate of drug-likeness (QED) is 0.628. The zero-order chi connectivity index (χ0) is 15.5. The fourth-order valence-corrected chi connectivity index (χ4v) is 2.24. The Bertz CT molecular complexity index is 689. The molecule has 0 bridgehead atoms. The monoisotopic (exact) mass is 303 g/mol. The van der Waals surface area contributed by atoms with Crippen molar-refractivity contribution in [3.63, 3.8) is 0 Å².